The number of hydrogen-bond donors (Lipinski definition) is 2. The number of likely N-dealkylation sites (tertiary alicyclic amines) is 1. The van der Waals surface area contributed by atoms with Crippen molar-refractivity contribution in [1.29, 1.82) is 0 Å². The van der Waals surface area contributed by atoms with Crippen molar-refractivity contribution in [2.24, 2.45) is 17.7 Å². The molecule has 1 aliphatic rings. The molecule has 1 aliphatic heterocycles. The lowest BCUT2D eigenvalue weighted by Gasteiger charge is -2.27. The minimum atomic E-state index is -0.432. The summed E-state index contributed by atoms with van der Waals surface area (Å²) in [5.74, 6) is 6.45. The van der Waals surface area contributed by atoms with Crippen molar-refractivity contribution in [3.8, 4) is 0 Å². The van der Waals surface area contributed by atoms with Crippen molar-refractivity contribution in [2.75, 3.05) is 13.1 Å². The highest BCUT2D eigenvalue weighted by Crippen LogP contribution is 2.25. The summed E-state index contributed by atoms with van der Waals surface area (Å²) in [5, 5.41) is 0. The zero-order valence-corrected chi connectivity index (χ0v) is 12.2. The highest BCUT2D eigenvalue weighted by molar-refractivity contribution is 5.68. The molecule has 0 aromatic heterocycles. The summed E-state index contributed by atoms with van der Waals surface area (Å²) in [4.78, 5) is 13.7. The molecule has 18 heavy (non-hydrogen) atoms. The normalized spacial score (nSPS) is 22.4. The maximum absolute atomic E-state index is 11.9. The summed E-state index contributed by atoms with van der Waals surface area (Å²) in [5.41, 5.74) is 2.44. The molecule has 2 unspecified atom stereocenters. The van der Waals surface area contributed by atoms with Crippen LogP contribution in [0.4, 0.5) is 4.79 Å². The number of ether oxygens (including phenoxy) is 1. The van der Waals surface area contributed by atoms with E-state index in [-0.39, 0.29) is 12.1 Å². The maximum Gasteiger partial charge on any atom is 0.410 e. The van der Waals surface area contributed by atoms with E-state index in [4.69, 9.17) is 10.6 Å². The number of rotatable bonds is 3. The van der Waals surface area contributed by atoms with Gasteiger partial charge in [0.2, 0.25) is 0 Å². The molecule has 0 aliphatic carbocycles. The van der Waals surface area contributed by atoms with E-state index in [0.29, 0.717) is 11.8 Å². The fraction of sp³-hybridized carbons (Fsp3) is 0.923. The lowest BCUT2D eigenvalue weighted by atomic mass is 9.90. The highest BCUT2D eigenvalue weighted by atomic mass is 16.6. The maximum atomic E-state index is 11.9. The molecule has 1 heterocycles. The van der Waals surface area contributed by atoms with Crippen LogP contribution in [-0.4, -0.2) is 35.7 Å². The molecule has 3 N–H and O–H groups in total. The first-order valence-electron chi connectivity index (χ1n) is 6.68. The predicted octanol–water partition coefficient (Wildman–Crippen LogP) is 1.73. The first-order chi connectivity index (χ1) is 8.24. The fourth-order valence-corrected chi connectivity index (χ4v) is 2.45. The monoisotopic (exact) mass is 257 g/mol. The van der Waals surface area contributed by atoms with Gasteiger partial charge in [0.15, 0.2) is 0 Å². The molecule has 0 aromatic rings. The fourth-order valence-electron chi connectivity index (χ4n) is 2.45. The second kappa shape index (κ2) is 5.89. The van der Waals surface area contributed by atoms with Crippen LogP contribution in [-0.2, 0) is 4.74 Å². The van der Waals surface area contributed by atoms with E-state index >= 15 is 0 Å². The molecule has 2 atom stereocenters. The van der Waals surface area contributed by atoms with Gasteiger partial charge in [0.1, 0.15) is 5.60 Å². The van der Waals surface area contributed by atoms with Gasteiger partial charge in [0.05, 0.1) is 0 Å². The van der Waals surface area contributed by atoms with Crippen LogP contribution in [0, 0.1) is 11.8 Å². The molecule has 5 heteroatoms. The Hall–Kier alpha value is -0.810. The Morgan fingerprint density at radius 2 is 2.06 bits per heavy atom. The largest absolute Gasteiger partial charge is 0.444 e. The number of hydrogen-bond acceptors (Lipinski definition) is 4. The lowest BCUT2D eigenvalue weighted by molar-refractivity contribution is 0.0283. The van der Waals surface area contributed by atoms with Gasteiger partial charge in [-0.1, -0.05) is 13.8 Å². The molecule has 1 rings (SSSR count). The van der Waals surface area contributed by atoms with Gasteiger partial charge in [-0.05, 0) is 39.0 Å². The van der Waals surface area contributed by atoms with Crippen molar-refractivity contribution >= 4 is 6.09 Å². The van der Waals surface area contributed by atoms with E-state index in [1.807, 2.05) is 20.8 Å². The topological polar surface area (TPSA) is 67.6 Å². The van der Waals surface area contributed by atoms with Crippen molar-refractivity contribution in [3.05, 3.63) is 0 Å². The summed E-state index contributed by atoms with van der Waals surface area (Å²) >= 11 is 0. The van der Waals surface area contributed by atoms with Crippen LogP contribution in [0.3, 0.4) is 0 Å². The third-order valence-corrected chi connectivity index (χ3v) is 3.29. The predicted molar refractivity (Wildman–Crippen MR) is 71.9 cm³/mol. The van der Waals surface area contributed by atoms with Gasteiger partial charge >= 0.3 is 6.09 Å². The van der Waals surface area contributed by atoms with Gasteiger partial charge in [-0.3, -0.25) is 11.3 Å². The van der Waals surface area contributed by atoms with E-state index in [1.165, 1.54) is 0 Å². The summed E-state index contributed by atoms with van der Waals surface area (Å²) in [6.45, 7) is 11.4. The number of carbonyl (C=O) groups excluding carboxylic acids is 1. The van der Waals surface area contributed by atoms with Crippen LogP contribution < -0.4 is 11.3 Å². The molecular weight excluding hydrogens is 230 g/mol. The van der Waals surface area contributed by atoms with E-state index in [0.717, 1.165) is 19.5 Å². The number of nitrogens with two attached hydrogens (primary N) is 1. The Kier molecular flexibility index (Phi) is 4.99. The van der Waals surface area contributed by atoms with Crippen molar-refractivity contribution < 1.29 is 9.53 Å². The van der Waals surface area contributed by atoms with E-state index in [2.05, 4.69) is 19.3 Å². The standard InChI is InChI=1S/C13H27N3O2/c1-9(2)11(15-14)10-6-7-16(8-10)12(17)18-13(3,4)5/h9-11,15H,6-8,14H2,1-5H3. The van der Waals surface area contributed by atoms with Gasteiger partial charge in [0.25, 0.3) is 0 Å². The molecule has 1 amide bonds. The Morgan fingerprint density at radius 3 is 2.50 bits per heavy atom. The van der Waals surface area contributed by atoms with E-state index < -0.39 is 5.60 Å². The number of nitrogens with one attached hydrogen (secondary N) is 1. The van der Waals surface area contributed by atoms with Crippen LogP contribution in [0.15, 0.2) is 0 Å². The summed E-state index contributed by atoms with van der Waals surface area (Å²) in [6, 6.07) is 0.248. The van der Waals surface area contributed by atoms with Crippen LogP contribution in [0.1, 0.15) is 41.0 Å². The van der Waals surface area contributed by atoms with Crippen LogP contribution in [0.25, 0.3) is 0 Å². The number of carbonyl (C=O) groups is 1. The van der Waals surface area contributed by atoms with E-state index in [9.17, 15) is 4.79 Å². The third-order valence-electron chi connectivity index (χ3n) is 3.29. The lowest BCUT2D eigenvalue weighted by Crippen LogP contribution is -2.46. The van der Waals surface area contributed by atoms with Gasteiger partial charge in [-0.25, -0.2) is 4.79 Å². The Labute approximate surface area is 110 Å². The molecule has 1 saturated heterocycles. The molecule has 5 nitrogen and oxygen atoms in total. The minimum Gasteiger partial charge on any atom is -0.444 e. The smallest absolute Gasteiger partial charge is 0.410 e. The summed E-state index contributed by atoms with van der Waals surface area (Å²) in [7, 11) is 0. The van der Waals surface area contributed by atoms with Gasteiger partial charge in [-0.2, -0.15) is 0 Å². The van der Waals surface area contributed by atoms with Crippen LogP contribution in [0.5, 0.6) is 0 Å². The Balaban J connectivity index is 2.53. The van der Waals surface area contributed by atoms with Gasteiger partial charge < -0.3 is 9.64 Å². The quantitative estimate of drug-likeness (QED) is 0.597. The first kappa shape index (κ1) is 15.2. The molecule has 0 spiro atoms. The number of nitrogens with zero attached hydrogens (tertiary/aromatic N) is 1. The molecule has 0 radical (unpaired) electrons. The van der Waals surface area contributed by atoms with Gasteiger partial charge in [-0.15, -0.1) is 0 Å². The second-order valence-corrected chi connectivity index (χ2v) is 6.41. The van der Waals surface area contributed by atoms with Crippen LogP contribution >= 0.6 is 0 Å². The van der Waals surface area contributed by atoms with Crippen molar-refractivity contribution in [2.45, 2.75) is 52.7 Å². The molecule has 0 aromatic carbocycles. The second-order valence-electron chi connectivity index (χ2n) is 6.41. The molecule has 106 valence electrons. The third kappa shape index (κ3) is 4.14. The van der Waals surface area contributed by atoms with E-state index in [1.54, 1.807) is 4.90 Å². The summed E-state index contributed by atoms with van der Waals surface area (Å²) < 4.78 is 5.38. The molecule has 0 bridgehead atoms. The first-order valence-corrected chi connectivity index (χ1v) is 6.68. The average molecular weight is 257 g/mol. The van der Waals surface area contributed by atoms with Gasteiger partial charge in [0, 0.05) is 19.1 Å². The number of amides is 1. The zero-order chi connectivity index (χ0) is 13.9. The molecule has 1 fully saturated rings. The average Bonchev–Trinajstić information content (AvgIpc) is 2.64. The summed E-state index contributed by atoms with van der Waals surface area (Å²) in [6.07, 6.45) is 0.760. The Morgan fingerprint density at radius 1 is 1.44 bits per heavy atom. The Bertz CT molecular complexity index is 286. The zero-order valence-electron chi connectivity index (χ0n) is 12.2. The highest BCUT2D eigenvalue weighted by Gasteiger charge is 2.34. The minimum absolute atomic E-state index is 0.218. The van der Waals surface area contributed by atoms with Crippen molar-refractivity contribution in [3.63, 3.8) is 0 Å². The molecular formula is C13H27N3O2. The van der Waals surface area contributed by atoms with Crippen LogP contribution in [0.2, 0.25) is 0 Å². The SMILES string of the molecule is CC(C)C(NN)C1CCN(C(=O)OC(C)(C)C)C1. The number of hydrazine groups is 1. The van der Waals surface area contributed by atoms with Crippen molar-refractivity contribution in [1.82, 2.24) is 10.3 Å². The molecule has 0 saturated carbocycles.